The molecular formula is C58H43N3. The van der Waals surface area contributed by atoms with Crippen molar-refractivity contribution in [2.45, 2.75) is 37.5 Å². The number of fused-ring (bicyclic) bond motifs is 8. The zero-order chi connectivity index (χ0) is 40.3. The third-order valence-corrected chi connectivity index (χ3v) is 13.4. The van der Waals surface area contributed by atoms with E-state index in [1.54, 1.807) is 0 Å². The molecule has 0 bridgehead atoms. The van der Waals surface area contributed by atoms with Crippen LogP contribution in [0.15, 0.2) is 200 Å². The fraction of sp³-hybridized carbons (Fsp3) is 0.103. The lowest BCUT2D eigenvalue weighted by atomic mass is 9.68. The maximum atomic E-state index is 5.24. The van der Waals surface area contributed by atoms with Crippen LogP contribution in [0.3, 0.4) is 0 Å². The normalized spacial score (nSPS) is 14.0. The van der Waals surface area contributed by atoms with Gasteiger partial charge in [0, 0.05) is 38.6 Å². The monoisotopic (exact) mass is 781 g/mol. The number of nitrogens with zero attached hydrogens (tertiary/aromatic N) is 3. The smallest absolute Gasteiger partial charge is 0.160 e. The third-order valence-electron chi connectivity index (χ3n) is 13.4. The minimum atomic E-state index is 0.0877. The standard InChI is InChI=1S/C58H43N3/c1-5-16-39(17-6-1)40-26-28-42(29-27-40)57-59-53(41-18-7-2-8-19-41)38-54(60-57)45-21-15-20-43(34-45)44-30-31-55-49(35-44)50-36-52-48(37-56(50)61(55)46-22-9-3-10-23-46)47-24-11-12-25-51(47)58(52)32-13-4-14-33-58/h1-3,5-12,15-31,34-38H,4,13-14,32-33H2. The molecule has 0 atom stereocenters. The number of rotatable bonds is 6. The van der Waals surface area contributed by atoms with Gasteiger partial charge in [-0.1, -0.05) is 171 Å². The van der Waals surface area contributed by atoms with Gasteiger partial charge in [0.2, 0.25) is 0 Å². The maximum Gasteiger partial charge on any atom is 0.160 e. The van der Waals surface area contributed by atoms with Gasteiger partial charge in [-0.3, -0.25) is 0 Å². The number of para-hydroxylation sites is 1. The molecule has 2 aliphatic carbocycles. The van der Waals surface area contributed by atoms with Crippen molar-refractivity contribution < 1.29 is 0 Å². The summed E-state index contributed by atoms with van der Waals surface area (Å²) in [4.78, 5) is 10.4. The van der Waals surface area contributed by atoms with Gasteiger partial charge in [-0.15, -0.1) is 0 Å². The van der Waals surface area contributed by atoms with Crippen molar-refractivity contribution in [3.8, 4) is 73.0 Å². The molecule has 290 valence electrons. The Morgan fingerprint density at radius 2 is 0.934 bits per heavy atom. The first-order valence-electron chi connectivity index (χ1n) is 21.7. The Bertz CT molecular complexity index is 3250. The summed E-state index contributed by atoms with van der Waals surface area (Å²) in [7, 11) is 0. The van der Waals surface area contributed by atoms with Gasteiger partial charge in [-0.25, -0.2) is 9.97 Å². The van der Waals surface area contributed by atoms with Crippen molar-refractivity contribution in [1.82, 2.24) is 14.5 Å². The largest absolute Gasteiger partial charge is 0.309 e. The molecule has 3 nitrogen and oxygen atoms in total. The molecule has 3 heteroatoms. The highest BCUT2D eigenvalue weighted by Gasteiger charge is 2.44. The van der Waals surface area contributed by atoms with E-state index in [4.69, 9.17) is 9.97 Å². The van der Waals surface area contributed by atoms with E-state index in [1.807, 2.05) is 6.07 Å². The first-order chi connectivity index (χ1) is 30.2. The average Bonchev–Trinajstić information content (AvgIpc) is 3.80. The van der Waals surface area contributed by atoms with Crippen LogP contribution in [0.5, 0.6) is 0 Å². The van der Waals surface area contributed by atoms with Crippen LogP contribution in [0.4, 0.5) is 0 Å². The van der Waals surface area contributed by atoms with E-state index in [1.165, 1.54) is 98.5 Å². The van der Waals surface area contributed by atoms with Crippen molar-refractivity contribution >= 4 is 21.8 Å². The van der Waals surface area contributed by atoms with Gasteiger partial charge in [-0.2, -0.15) is 0 Å². The predicted octanol–water partition coefficient (Wildman–Crippen LogP) is 15.1. The van der Waals surface area contributed by atoms with Crippen molar-refractivity contribution in [1.29, 1.82) is 0 Å². The molecule has 8 aromatic carbocycles. The van der Waals surface area contributed by atoms with Gasteiger partial charge in [0.1, 0.15) is 0 Å². The molecule has 10 aromatic rings. The van der Waals surface area contributed by atoms with Gasteiger partial charge in [0.15, 0.2) is 5.82 Å². The van der Waals surface area contributed by atoms with Gasteiger partial charge in [0.05, 0.1) is 22.4 Å². The number of hydrogen-bond acceptors (Lipinski definition) is 2. The quantitative estimate of drug-likeness (QED) is 0.168. The van der Waals surface area contributed by atoms with Crippen LogP contribution in [0, 0.1) is 0 Å². The van der Waals surface area contributed by atoms with Crippen molar-refractivity contribution in [2.24, 2.45) is 0 Å². The molecule has 1 saturated carbocycles. The van der Waals surface area contributed by atoms with E-state index in [0.29, 0.717) is 5.82 Å². The highest BCUT2D eigenvalue weighted by molar-refractivity contribution is 6.12. The Morgan fingerprint density at radius 1 is 0.361 bits per heavy atom. The Morgan fingerprint density at radius 3 is 1.70 bits per heavy atom. The lowest BCUT2D eigenvalue weighted by molar-refractivity contribution is 0.353. The van der Waals surface area contributed by atoms with Gasteiger partial charge in [-0.05, 0) is 106 Å². The van der Waals surface area contributed by atoms with Crippen LogP contribution < -0.4 is 0 Å². The minimum Gasteiger partial charge on any atom is -0.309 e. The van der Waals surface area contributed by atoms with E-state index in [0.717, 1.165) is 33.6 Å². The van der Waals surface area contributed by atoms with Crippen LogP contribution in [-0.2, 0) is 5.41 Å². The molecule has 0 radical (unpaired) electrons. The average molecular weight is 782 g/mol. The summed E-state index contributed by atoms with van der Waals surface area (Å²) in [6.07, 6.45) is 6.31. The molecule has 0 unspecified atom stereocenters. The van der Waals surface area contributed by atoms with E-state index >= 15 is 0 Å². The topological polar surface area (TPSA) is 30.7 Å². The summed E-state index contributed by atoms with van der Waals surface area (Å²) < 4.78 is 2.47. The lowest BCUT2D eigenvalue weighted by Crippen LogP contribution is -2.27. The minimum absolute atomic E-state index is 0.0877. The van der Waals surface area contributed by atoms with Crippen LogP contribution in [0.1, 0.15) is 43.2 Å². The van der Waals surface area contributed by atoms with E-state index < -0.39 is 0 Å². The Balaban J connectivity index is 1.00. The molecule has 2 heterocycles. The molecule has 2 aromatic heterocycles. The predicted molar refractivity (Wildman–Crippen MR) is 253 cm³/mol. The van der Waals surface area contributed by atoms with Crippen LogP contribution in [0.2, 0.25) is 0 Å². The number of aromatic nitrogens is 3. The van der Waals surface area contributed by atoms with Crippen molar-refractivity contribution in [3.05, 3.63) is 211 Å². The van der Waals surface area contributed by atoms with E-state index in [2.05, 4.69) is 199 Å². The summed E-state index contributed by atoms with van der Waals surface area (Å²) in [6, 6.07) is 72.7. The molecule has 0 amide bonds. The summed E-state index contributed by atoms with van der Waals surface area (Å²) in [5, 5.41) is 2.60. The SMILES string of the molecule is c1ccc(-c2ccc(-c3nc(-c4ccccc4)cc(-c4cccc(-c5ccc6c(c5)c5cc7c(cc5n6-c5ccccc5)-c5ccccc5C75CCCCC5)c4)n3)cc2)cc1. The number of hydrogen-bond donors (Lipinski definition) is 0. The molecule has 2 aliphatic rings. The van der Waals surface area contributed by atoms with Gasteiger partial charge >= 0.3 is 0 Å². The summed E-state index contributed by atoms with van der Waals surface area (Å²) in [5.74, 6) is 0.710. The molecule has 0 saturated heterocycles. The first-order valence-corrected chi connectivity index (χ1v) is 21.7. The van der Waals surface area contributed by atoms with Crippen molar-refractivity contribution in [3.63, 3.8) is 0 Å². The maximum absolute atomic E-state index is 5.24. The van der Waals surface area contributed by atoms with Gasteiger partial charge in [0.25, 0.3) is 0 Å². The Labute approximate surface area is 356 Å². The second kappa shape index (κ2) is 14.4. The molecule has 0 aliphatic heterocycles. The molecule has 61 heavy (non-hydrogen) atoms. The van der Waals surface area contributed by atoms with Crippen LogP contribution in [0.25, 0.3) is 94.8 Å². The fourth-order valence-corrected chi connectivity index (χ4v) is 10.5. The molecular weight excluding hydrogens is 739 g/mol. The highest BCUT2D eigenvalue weighted by Crippen LogP contribution is 2.57. The van der Waals surface area contributed by atoms with E-state index in [9.17, 15) is 0 Å². The van der Waals surface area contributed by atoms with Gasteiger partial charge < -0.3 is 4.57 Å². The first kappa shape index (κ1) is 35.6. The number of benzene rings is 8. The zero-order valence-corrected chi connectivity index (χ0v) is 33.9. The second-order valence-electron chi connectivity index (χ2n) is 16.9. The lowest BCUT2D eigenvalue weighted by Gasteiger charge is -2.36. The third kappa shape index (κ3) is 5.95. The molecule has 12 rings (SSSR count). The van der Waals surface area contributed by atoms with Crippen LogP contribution >= 0.6 is 0 Å². The summed E-state index contributed by atoms with van der Waals surface area (Å²) in [6.45, 7) is 0. The summed E-state index contributed by atoms with van der Waals surface area (Å²) in [5.41, 5.74) is 19.2. The Hall–Kier alpha value is -7.36. The van der Waals surface area contributed by atoms with Crippen LogP contribution in [-0.4, -0.2) is 14.5 Å². The Kier molecular flexibility index (Phi) is 8.41. The van der Waals surface area contributed by atoms with E-state index in [-0.39, 0.29) is 5.41 Å². The highest BCUT2D eigenvalue weighted by atomic mass is 15.0. The second-order valence-corrected chi connectivity index (χ2v) is 16.9. The fourth-order valence-electron chi connectivity index (χ4n) is 10.5. The molecule has 1 spiro atoms. The zero-order valence-electron chi connectivity index (χ0n) is 33.9. The molecule has 0 N–H and O–H groups in total. The van der Waals surface area contributed by atoms with Crippen molar-refractivity contribution in [2.75, 3.05) is 0 Å². The summed E-state index contributed by atoms with van der Waals surface area (Å²) >= 11 is 0. The molecule has 1 fully saturated rings.